The maximum atomic E-state index is 11.9. The smallest absolute Gasteiger partial charge is 0.249 e. The zero-order valence-corrected chi connectivity index (χ0v) is 13.9. The Morgan fingerprint density at radius 2 is 1.83 bits per heavy atom. The number of nitrogens with one attached hydrogen (secondary N) is 1. The van der Waals surface area contributed by atoms with Crippen molar-refractivity contribution < 1.29 is 4.79 Å². The molecule has 1 aromatic heterocycles. The monoisotopic (exact) mass is 358 g/mol. The van der Waals surface area contributed by atoms with Crippen LogP contribution in [-0.2, 0) is 4.79 Å². The first-order chi connectivity index (χ1) is 11.6. The van der Waals surface area contributed by atoms with Crippen molar-refractivity contribution >= 4 is 41.0 Å². The lowest BCUT2D eigenvalue weighted by Gasteiger charge is -2.01. The molecular formula is C17H12Cl2N4O. The second kappa shape index (κ2) is 7.29. The standard InChI is InChI=1S/C17H12Cl2N4O/c18-13-4-1-3-12(9-13)17-20-11-23(22-17)8-7-16(24)21-15-6-2-5-14(19)10-15/h1-11H,(H,21,24). The summed E-state index contributed by atoms with van der Waals surface area (Å²) in [5.74, 6) is 0.231. The number of benzene rings is 2. The Hall–Kier alpha value is -2.63. The molecule has 1 heterocycles. The zero-order valence-electron chi connectivity index (χ0n) is 12.4. The minimum Gasteiger partial charge on any atom is -0.322 e. The van der Waals surface area contributed by atoms with Gasteiger partial charge in [-0.05, 0) is 30.3 Å². The third kappa shape index (κ3) is 4.22. The second-order valence-corrected chi connectivity index (χ2v) is 5.75. The Bertz CT molecular complexity index is 905. The maximum absolute atomic E-state index is 11.9. The van der Waals surface area contributed by atoms with Gasteiger partial charge in [-0.3, -0.25) is 4.79 Å². The summed E-state index contributed by atoms with van der Waals surface area (Å²) < 4.78 is 1.45. The molecule has 0 aliphatic carbocycles. The summed E-state index contributed by atoms with van der Waals surface area (Å²) in [5.41, 5.74) is 1.42. The molecule has 2 aromatic carbocycles. The third-order valence-corrected chi connectivity index (χ3v) is 3.53. The van der Waals surface area contributed by atoms with E-state index in [9.17, 15) is 4.79 Å². The minimum absolute atomic E-state index is 0.294. The van der Waals surface area contributed by atoms with Crippen molar-refractivity contribution in [3.8, 4) is 11.4 Å². The number of carbonyl (C=O) groups is 1. The number of hydrogen-bond acceptors (Lipinski definition) is 3. The molecular weight excluding hydrogens is 347 g/mol. The highest BCUT2D eigenvalue weighted by atomic mass is 35.5. The molecule has 3 rings (SSSR count). The summed E-state index contributed by atoms with van der Waals surface area (Å²) in [6, 6.07) is 14.2. The van der Waals surface area contributed by atoms with E-state index >= 15 is 0 Å². The van der Waals surface area contributed by atoms with Crippen LogP contribution in [0.4, 0.5) is 5.69 Å². The van der Waals surface area contributed by atoms with E-state index in [4.69, 9.17) is 23.2 Å². The van der Waals surface area contributed by atoms with Gasteiger partial charge in [-0.15, -0.1) is 5.10 Å². The Morgan fingerprint density at radius 1 is 1.08 bits per heavy atom. The SMILES string of the molecule is O=C(C=Cn1cnc(-c2cccc(Cl)c2)n1)Nc1cccc(Cl)c1. The topological polar surface area (TPSA) is 59.8 Å². The van der Waals surface area contributed by atoms with E-state index in [0.717, 1.165) is 5.56 Å². The van der Waals surface area contributed by atoms with Crippen LogP contribution in [-0.4, -0.2) is 20.7 Å². The van der Waals surface area contributed by atoms with Crippen LogP contribution in [0.2, 0.25) is 10.0 Å². The van der Waals surface area contributed by atoms with Crippen LogP contribution < -0.4 is 5.32 Å². The van der Waals surface area contributed by atoms with Crippen molar-refractivity contribution in [2.75, 3.05) is 5.32 Å². The first-order valence-electron chi connectivity index (χ1n) is 7.02. The van der Waals surface area contributed by atoms with Crippen LogP contribution in [0.1, 0.15) is 0 Å². The van der Waals surface area contributed by atoms with Crippen molar-refractivity contribution in [1.29, 1.82) is 0 Å². The number of anilines is 1. The summed E-state index contributed by atoms with van der Waals surface area (Å²) in [5, 5.41) is 8.15. The molecule has 0 fully saturated rings. The predicted octanol–water partition coefficient (Wildman–Crippen LogP) is 4.36. The van der Waals surface area contributed by atoms with E-state index in [0.29, 0.717) is 21.6 Å². The second-order valence-electron chi connectivity index (χ2n) is 4.87. The van der Waals surface area contributed by atoms with Gasteiger partial charge < -0.3 is 5.32 Å². The fourth-order valence-corrected chi connectivity index (χ4v) is 2.38. The van der Waals surface area contributed by atoms with Gasteiger partial charge in [0.1, 0.15) is 6.33 Å². The van der Waals surface area contributed by atoms with E-state index < -0.39 is 0 Å². The molecule has 0 spiro atoms. The fraction of sp³-hybridized carbons (Fsp3) is 0. The number of hydrogen-bond donors (Lipinski definition) is 1. The van der Waals surface area contributed by atoms with Crippen LogP contribution >= 0.6 is 23.2 Å². The van der Waals surface area contributed by atoms with Crippen molar-refractivity contribution in [3.05, 3.63) is 71.0 Å². The zero-order chi connectivity index (χ0) is 16.9. The van der Waals surface area contributed by atoms with Gasteiger partial charge in [0.2, 0.25) is 5.91 Å². The van der Waals surface area contributed by atoms with Gasteiger partial charge in [0.25, 0.3) is 0 Å². The van der Waals surface area contributed by atoms with E-state index in [-0.39, 0.29) is 5.91 Å². The molecule has 3 aromatic rings. The van der Waals surface area contributed by atoms with Crippen molar-refractivity contribution in [2.45, 2.75) is 0 Å². The summed E-state index contributed by atoms with van der Waals surface area (Å²) in [6.45, 7) is 0. The lowest BCUT2D eigenvalue weighted by Crippen LogP contribution is -2.08. The Morgan fingerprint density at radius 3 is 2.58 bits per heavy atom. The Labute approximate surface area is 148 Å². The molecule has 120 valence electrons. The largest absolute Gasteiger partial charge is 0.322 e. The van der Waals surface area contributed by atoms with Crippen LogP contribution in [0.15, 0.2) is 60.9 Å². The molecule has 5 nitrogen and oxygen atoms in total. The molecule has 0 aliphatic heterocycles. The van der Waals surface area contributed by atoms with Gasteiger partial charge in [-0.1, -0.05) is 41.4 Å². The Kier molecular flexibility index (Phi) is 4.93. The number of aromatic nitrogens is 3. The highest BCUT2D eigenvalue weighted by molar-refractivity contribution is 6.31. The lowest BCUT2D eigenvalue weighted by atomic mass is 10.2. The third-order valence-electron chi connectivity index (χ3n) is 3.06. The first-order valence-corrected chi connectivity index (χ1v) is 7.77. The van der Waals surface area contributed by atoms with Gasteiger partial charge in [-0.25, -0.2) is 9.67 Å². The molecule has 0 unspecified atom stereocenters. The molecule has 0 aliphatic rings. The van der Waals surface area contributed by atoms with E-state index in [1.165, 1.54) is 23.3 Å². The van der Waals surface area contributed by atoms with Crippen molar-refractivity contribution in [1.82, 2.24) is 14.8 Å². The Balaban J connectivity index is 1.68. The molecule has 0 bridgehead atoms. The normalized spacial score (nSPS) is 10.9. The van der Waals surface area contributed by atoms with Crippen molar-refractivity contribution in [3.63, 3.8) is 0 Å². The number of amides is 1. The van der Waals surface area contributed by atoms with Gasteiger partial charge in [-0.2, -0.15) is 0 Å². The van der Waals surface area contributed by atoms with Gasteiger partial charge in [0, 0.05) is 33.6 Å². The number of carbonyl (C=O) groups excluding carboxylic acids is 1. The maximum Gasteiger partial charge on any atom is 0.249 e. The van der Waals surface area contributed by atoms with Crippen LogP contribution in [0, 0.1) is 0 Å². The van der Waals surface area contributed by atoms with Gasteiger partial charge in [0.15, 0.2) is 5.82 Å². The summed E-state index contributed by atoms with van der Waals surface area (Å²) in [6.07, 6.45) is 4.39. The summed E-state index contributed by atoms with van der Waals surface area (Å²) in [4.78, 5) is 16.1. The number of rotatable bonds is 4. The first kappa shape index (κ1) is 16.2. The molecule has 0 radical (unpaired) electrons. The minimum atomic E-state index is -0.294. The molecule has 0 saturated heterocycles. The molecule has 0 saturated carbocycles. The predicted molar refractivity (Wildman–Crippen MR) is 95.9 cm³/mol. The van der Waals surface area contributed by atoms with E-state index in [2.05, 4.69) is 15.4 Å². The van der Waals surface area contributed by atoms with Crippen LogP contribution in [0.3, 0.4) is 0 Å². The van der Waals surface area contributed by atoms with E-state index in [1.54, 1.807) is 36.4 Å². The van der Waals surface area contributed by atoms with Gasteiger partial charge >= 0.3 is 0 Å². The van der Waals surface area contributed by atoms with Crippen LogP contribution in [0.5, 0.6) is 0 Å². The summed E-state index contributed by atoms with van der Waals surface area (Å²) in [7, 11) is 0. The highest BCUT2D eigenvalue weighted by Gasteiger charge is 2.04. The molecule has 0 atom stereocenters. The number of nitrogens with zero attached hydrogens (tertiary/aromatic N) is 3. The van der Waals surface area contributed by atoms with Crippen molar-refractivity contribution in [2.24, 2.45) is 0 Å². The molecule has 24 heavy (non-hydrogen) atoms. The van der Waals surface area contributed by atoms with Crippen LogP contribution in [0.25, 0.3) is 17.6 Å². The lowest BCUT2D eigenvalue weighted by molar-refractivity contribution is -0.111. The molecule has 1 N–H and O–H groups in total. The summed E-state index contributed by atoms with van der Waals surface area (Å²) >= 11 is 11.8. The van der Waals surface area contributed by atoms with Gasteiger partial charge in [0.05, 0.1) is 0 Å². The highest BCUT2D eigenvalue weighted by Crippen LogP contribution is 2.19. The van der Waals surface area contributed by atoms with E-state index in [1.807, 2.05) is 12.1 Å². The molecule has 7 heteroatoms. The molecule has 1 amide bonds. The fourth-order valence-electron chi connectivity index (χ4n) is 2.00. The number of halogens is 2. The average molecular weight is 359 g/mol. The quantitative estimate of drug-likeness (QED) is 0.704. The average Bonchev–Trinajstić information content (AvgIpc) is 3.02.